The van der Waals surface area contributed by atoms with E-state index >= 15 is 0 Å². The summed E-state index contributed by atoms with van der Waals surface area (Å²) in [5.74, 6) is 0.603. The molecule has 0 amide bonds. The fourth-order valence-electron chi connectivity index (χ4n) is 1.84. The minimum atomic E-state index is -0.755. The third kappa shape index (κ3) is 2.00. The van der Waals surface area contributed by atoms with Gasteiger partial charge in [-0.15, -0.1) is 0 Å². The SMILES string of the molecule is CC(O)C(N)c1nc(-c2coc3ccccc23)no1. The highest BCUT2D eigenvalue weighted by Gasteiger charge is 2.21. The van der Waals surface area contributed by atoms with Gasteiger partial charge in [0, 0.05) is 5.39 Å². The molecule has 3 N–H and O–H groups in total. The predicted octanol–water partition coefficient (Wildman–Crippen LogP) is 1.86. The van der Waals surface area contributed by atoms with Gasteiger partial charge < -0.3 is 19.8 Å². The topological polar surface area (TPSA) is 98.3 Å². The Balaban J connectivity index is 2.03. The molecule has 0 bridgehead atoms. The van der Waals surface area contributed by atoms with Crippen LogP contribution in [-0.2, 0) is 0 Å². The third-order valence-electron chi connectivity index (χ3n) is 2.97. The first kappa shape index (κ1) is 11.9. The minimum absolute atomic E-state index is 0.204. The van der Waals surface area contributed by atoms with Crippen LogP contribution in [0.15, 0.2) is 39.5 Å². The summed E-state index contributed by atoms with van der Waals surface area (Å²) in [6.45, 7) is 1.57. The zero-order valence-electron chi connectivity index (χ0n) is 10.3. The van der Waals surface area contributed by atoms with Gasteiger partial charge in [0.15, 0.2) is 0 Å². The molecule has 2 atom stereocenters. The lowest BCUT2D eigenvalue weighted by Crippen LogP contribution is -2.23. The summed E-state index contributed by atoms with van der Waals surface area (Å²) in [7, 11) is 0. The molecule has 0 fully saturated rings. The van der Waals surface area contributed by atoms with E-state index in [0.29, 0.717) is 5.82 Å². The molecule has 0 radical (unpaired) electrons. The van der Waals surface area contributed by atoms with E-state index in [1.165, 1.54) is 0 Å². The molecule has 0 spiro atoms. The van der Waals surface area contributed by atoms with Gasteiger partial charge in [0.1, 0.15) is 17.9 Å². The number of nitrogens with zero attached hydrogens (tertiary/aromatic N) is 2. The number of para-hydroxylation sites is 1. The smallest absolute Gasteiger partial charge is 0.246 e. The Morgan fingerprint density at radius 3 is 2.89 bits per heavy atom. The minimum Gasteiger partial charge on any atom is -0.464 e. The van der Waals surface area contributed by atoms with Crippen molar-refractivity contribution in [2.45, 2.75) is 19.1 Å². The van der Waals surface area contributed by atoms with Crippen LogP contribution in [0.3, 0.4) is 0 Å². The lowest BCUT2D eigenvalue weighted by atomic mass is 10.1. The quantitative estimate of drug-likeness (QED) is 0.745. The zero-order chi connectivity index (χ0) is 13.4. The molecule has 2 unspecified atom stereocenters. The number of aromatic nitrogens is 2. The molecule has 2 aromatic heterocycles. The molecular formula is C13H13N3O3. The molecule has 0 aliphatic heterocycles. The van der Waals surface area contributed by atoms with Crippen molar-refractivity contribution < 1.29 is 14.0 Å². The Labute approximate surface area is 108 Å². The molecule has 1 aromatic carbocycles. The highest BCUT2D eigenvalue weighted by atomic mass is 16.5. The van der Waals surface area contributed by atoms with Crippen LogP contribution >= 0.6 is 0 Å². The van der Waals surface area contributed by atoms with Gasteiger partial charge in [0.05, 0.1) is 11.7 Å². The molecule has 0 saturated carbocycles. The number of hydrogen-bond acceptors (Lipinski definition) is 6. The van der Waals surface area contributed by atoms with Crippen molar-refractivity contribution in [3.05, 3.63) is 36.4 Å². The van der Waals surface area contributed by atoms with E-state index in [2.05, 4.69) is 10.1 Å². The van der Waals surface area contributed by atoms with Gasteiger partial charge in [-0.1, -0.05) is 23.4 Å². The second kappa shape index (κ2) is 4.49. The van der Waals surface area contributed by atoms with Crippen molar-refractivity contribution in [3.63, 3.8) is 0 Å². The maximum Gasteiger partial charge on any atom is 0.246 e. The summed E-state index contributed by atoms with van der Waals surface area (Å²) < 4.78 is 10.5. The molecule has 3 aromatic rings. The van der Waals surface area contributed by atoms with E-state index < -0.39 is 12.1 Å². The summed E-state index contributed by atoms with van der Waals surface area (Å²) in [5, 5.41) is 14.2. The van der Waals surface area contributed by atoms with E-state index in [0.717, 1.165) is 16.5 Å². The number of nitrogens with two attached hydrogens (primary N) is 1. The zero-order valence-corrected chi connectivity index (χ0v) is 10.3. The number of furan rings is 1. The Bertz CT molecular complexity index is 702. The first-order chi connectivity index (χ1) is 9.16. The summed E-state index contributed by atoms with van der Waals surface area (Å²) in [6.07, 6.45) is 0.821. The Morgan fingerprint density at radius 2 is 2.11 bits per heavy atom. The second-order valence-electron chi connectivity index (χ2n) is 4.37. The van der Waals surface area contributed by atoms with Gasteiger partial charge in [0.2, 0.25) is 11.7 Å². The van der Waals surface area contributed by atoms with E-state index in [-0.39, 0.29) is 5.89 Å². The number of hydrogen-bond donors (Lipinski definition) is 2. The molecule has 6 nitrogen and oxygen atoms in total. The van der Waals surface area contributed by atoms with Crippen LogP contribution < -0.4 is 5.73 Å². The van der Waals surface area contributed by atoms with Crippen LogP contribution in [-0.4, -0.2) is 21.4 Å². The van der Waals surface area contributed by atoms with Crippen LogP contribution in [0, 0.1) is 0 Å². The molecule has 98 valence electrons. The second-order valence-corrected chi connectivity index (χ2v) is 4.37. The normalized spacial score (nSPS) is 14.7. The third-order valence-corrected chi connectivity index (χ3v) is 2.97. The fraction of sp³-hybridized carbons (Fsp3) is 0.231. The van der Waals surface area contributed by atoms with Crippen molar-refractivity contribution in [3.8, 4) is 11.4 Å². The Hall–Kier alpha value is -2.18. The van der Waals surface area contributed by atoms with Crippen LogP contribution in [0.1, 0.15) is 18.9 Å². The van der Waals surface area contributed by atoms with E-state index in [1.54, 1.807) is 13.2 Å². The number of benzene rings is 1. The van der Waals surface area contributed by atoms with Crippen LogP contribution in [0.5, 0.6) is 0 Å². The molecular weight excluding hydrogens is 246 g/mol. The van der Waals surface area contributed by atoms with Crippen molar-refractivity contribution in [2.24, 2.45) is 5.73 Å². The van der Waals surface area contributed by atoms with Gasteiger partial charge in [-0.2, -0.15) is 4.98 Å². The van der Waals surface area contributed by atoms with Gasteiger partial charge in [-0.05, 0) is 13.0 Å². The number of aliphatic hydroxyl groups excluding tert-OH is 1. The fourth-order valence-corrected chi connectivity index (χ4v) is 1.84. The van der Waals surface area contributed by atoms with Crippen molar-refractivity contribution in [1.82, 2.24) is 10.1 Å². The average molecular weight is 259 g/mol. The number of aliphatic hydroxyl groups is 1. The lowest BCUT2D eigenvalue weighted by Gasteiger charge is -2.08. The summed E-state index contributed by atoms with van der Waals surface area (Å²) in [5.41, 5.74) is 7.24. The Morgan fingerprint density at radius 1 is 1.32 bits per heavy atom. The van der Waals surface area contributed by atoms with Crippen LogP contribution in [0.4, 0.5) is 0 Å². The van der Waals surface area contributed by atoms with E-state index in [1.807, 2.05) is 24.3 Å². The highest BCUT2D eigenvalue weighted by Crippen LogP contribution is 2.29. The summed E-state index contributed by atoms with van der Waals surface area (Å²) in [4.78, 5) is 4.20. The van der Waals surface area contributed by atoms with Crippen LogP contribution in [0.2, 0.25) is 0 Å². The van der Waals surface area contributed by atoms with Gasteiger partial charge in [-0.3, -0.25) is 0 Å². The summed E-state index contributed by atoms with van der Waals surface area (Å²) >= 11 is 0. The molecule has 19 heavy (non-hydrogen) atoms. The van der Waals surface area contributed by atoms with Gasteiger partial charge in [0.25, 0.3) is 0 Å². The maximum absolute atomic E-state index is 9.41. The lowest BCUT2D eigenvalue weighted by molar-refractivity contribution is 0.146. The molecule has 0 saturated heterocycles. The first-order valence-corrected chi connectivity index (χ1v) is 5.90. The predicted molar refractivity (Wildman–Crippen MR) is 68.1 cm³/mol. The maximum atomic E-state index is 9.41. The van der Waals surface area contributed by atoms with Crippen molar-refractivity contribution >= 4 is 11.0 Å². The highest BCUT2D eigenvalue weighted by molar-refractivity contribution is 5.91. The molecule has 0 aliphatic carbocycles. The largest absolute Gasteiger partial charge is 0.464 e. The van der Waals surface area contributed by atoms with Crippen molar-refractivity contribution in [2.75, 3.05) is 0 Å². The summed E-state index contributed by atoms with van der Waals surface area (Å²) in [6, 6.07) is 6.88. The van der Waals surface area contributed by atoms with Gasteiger partial charge >= 0.3 is 0 Å². The van der Waals surface area contributed by atoms with Gasteiger partial charge in [-0.25, -0.2) is 0 Å². The average Bonchev–Trinajstić information content (AvgIpc) is 3.03. The van der Waals surface area contributed by atoms with Crippen LogP contribution in [0.25, 0.3) is 22.4 Å². The number of fused-ring (bicyclic) bond motifs is 1. The standard InChI is InChI=1S/C13H13N3O3/c1-7(17)11(14)13-15-12(16-19-13)9-6-18-10-5-3-2-4-8(9)10/h2-7,11,17H,14H2,1H3. The molecule has 0 aliphatic rings. The van der Waals surface area contributed by atoms with Crippen molar-refractivity contribution in [1.29, 1.82) is 0 Å². The molecule has 2 heterocycles. The Kier molecular flexibility index (Phi) is 2.81. The van der Waals surface area contributed by atoms with E-state index in [9.17, 15) is 5.11 Å². The monoisotopic (exact) mass is 259 g/mol. The first-order valence-electron chi connectivity index (χ1n) is 5.90. The molecule has 3 rings (SSSR count). The van der Waals surface area contributed by atoms with E-state index in [4.69, 9.17) is 14.7 Å². The number of rotatable bonds is 3. The molecule has 6 heteroatoms.